The standard InChI is InChI=1S/C17H26N2O3S/c20-14-6-4-5-13(11-14)16(21)12-19-17(22)18-9-10-23-15-7-2-1-3-8-15/h4-6,11,15-16,20-21H,1-3,7-10,12H2,(H2,18,19,22). The predicted molar refractivity (Wildman–Crippen MR) is 93.8 cm³/mol. The first-order valence-electron chi connectivity index (χ1n) is 8.25. The Labute approximate surface area is 141 Å². The minimum Gasteiger partial charge on any atom is -0.508 e. The molecule has 0 bridgehead atoms. The van der Waals surface area contributed by atoms with Gasteiger partial charge in [-0.15, -0.1) is 0 Å². The smallest absolute Gasteiger partial charge is 0.314 e. The van der Waals surface area contributed by atoms with Crippen LogP contribution in [0.5, 0.6) is 5.75 Å². The van der Waals surface area contributed by atoms with E-state index in [1.165, 1.54) is 38.2 Å². The van der Waals surface area contributed by atoms with Crippen molar-refractivity contribution < 1.29 is 15.0 Å². The molecule has 4 N–H and O–H groups in total. The summed E-state index contributed by atoms with van der Waals surface area (Å²) in [4.78, 5) is 11.7. The highest BCUT2D eigenvalue weighted by molar-refractivity contribution is 7.99. The van der Waals surface area contributed by atoms with E-state index in [1.807, 2.05) is 11.8 Å². The fraction of sp³-hybridized carbons (Fsp3) is 0.588. The van der Waals surface area contributed by atoms with E-state index in [-0.39, 0.29) is 18.3 Å². The Balaban J connectivity index is 1.57. The monoisotopic (exact) mass is 338 g/mol. The molecular formula is C17H26N2O3S. The van der Waals surface area contributed by atoms with E-state index in [0.717, 1.165) is 11.0 Å². The van der Waals surface area contributed by atoms with Gasteiger partial charge in [-0.05, 0) is 30.5 Å². The lowest BCUT2D eigenvalue weighted by Crippen LogP contribution is -2.38. The molecule has 1 aromatic carbocycles. The molecule has 1 unspecified atom stereocenters. The maximum Gasteiger partial charge on any atom is 0.314 e. The van der Waals surface area contributed by atoms with Crippen molar-refractivity contribution in [3.63, 3.8) is 0 Å². The van der Waals surface area contributed by atoms with Crippen LogP contribution in [0.25, 0.3) is 0 Å². The van der Waals surface area contributed by atoms with E-state index < -0.39 is 6.10 Å². The highest BCUT2D eigenvalue weighted by Crippen LogP contribution is 2.27. The summed E-state index contributed by atoms with van der Waals surface area (Å²) in [7, 11) is 0. The second-order valence-electron chi connectivity index (χ2n) is 5.88. The van der Waals surface area contributed by atoms with Crippen molar-refractivity contribution in [3.8, 4) is 5.75 Å². The number of urea groups is 1. The fourth-order valence-corrected chi connectivity index (χ4v) is 3.94. The molecule has 128 valence electrons. The lowest BCUT2D eigenvalue weighted by Gasteiger charge is -2.21. The van der Waals surface area contributed by atoms with Crippen LogP contribution in [0.15, 0.2) is 24.3 Å². The summed E-state index contributed by atoms with van der Waals surface area (Å²) >= 11 is 1.94. The number of rotatable bonds is 7. The van der Waals surface area contributed by atoms with Crippen molar-refractivity contribution in [3.05, 3.63) is 29.8 Å². The number of carbonyl (C=O) groups excluding carboxylic acids is 1. The van der Waals surface area contributed by atoms with Crippen LogP contribution >= 0.6 is 11.8 Å². The van der Waals surface area contributed by atoms with Gasteiger partial charge in [-0.25, -0.2) is 4.79 Å². The first-order valence-corrected chi connectivity index (χ1v) is 9.30. The van der Waals surface area contributed by atoms with Crippen LogP contribution in [-0.4, -0.2) is 40.3 Å². The van der Waals surface area contributed by atoms with Gasteiger partial charge in [0.15, 0.2) is 0 Å². The molecule has 5 nitrogen and oxygen atoms in total. The van der Waals surface area contributed by atoms with Crippen molar-refractivity contribution >= 4 is 17.8 Å². The molecule has 1 aliphatic carbocycles. The molecule has 1 atom stereocenters. The van der Waals surface area contributed by atoms with Gasteiger partial charge in [0.1, 0.15) is 5.75 Å². The molecule has 1 aliphatic rings. The van der Waals surface area contributed by atoms with Gasteiger partial charge in [0.25, 0.3) is 0 Å². The number of aromatic hydroxyl groups is 1. The van der Waals surface area contributed by atoms with Crippen molar-refractivity contribution in [2.24, 2.45) is 0 Å². The topological polar surface area (TPSA) is 81.6 Å². The molecule has 1 fully saturated rings. The summed E-state index contributed by atoms with van der Waals surface area (Å²) in [5, 5.41) is 25.6. The average molecular weight is 338 g/mol. The number of phenols is 1. The quantitative estimate of drug-likeness (QED) is 0.576. The van der Waals surface area contributed by atoms with Gasteiger partial charge in [-0.2, -0.15) is 11.8 Å². The van der Waals surface area contributed by atoms with Crippen LogP contribution in [0.1, 0.15) is 43.8 Å². The van der Waals surface area contributed by atoms with E-state index >= 15 is 0 Å². The van der Waals surface area contributed by atoms with Crippen molar-refractivity contribution in [1.82, 2.24) is 10.6 Å². The van der Waals surface area contributed by atoms with Gasteiger partial charge in [-0.1, -0.05) is 31.4 Å². The molecule has 2 rings (SSSR count). The number of nitrogens with one attached hydrogen (secondary N) is 2. The summed E-state index contributed by atoms with van der Waals surface area (Å²) in [6.45, 7) is 0.750. The summed E-state index contributed by atoms with van der Waals surface area (Å²) in [6, 6.07) is 6.14. The second-order valence-corrected chi connectivity index (χ2v) is 7.29. The van der Waals surface area contributed by atoms with Crippen LogP contribution in [0.3, 0.4) is 0 Å². The van der Waals surface area contributed by atoms with Gasteiger partial charge in [0.05, 0.1) is 6.10 Å². The van der Waals surface area contributed by atoms with Crippen molar-refractivity contribution in [1.29, 1.82) is 0 Å². The highest BCUT2D eigenvalue weighted by Gasteiger charge is 2.13. The first kappa shape index (κ1) is 17.9. The van der Waals surface area contributed by atoms with Crippen molar-refractivity contribution in [2.45, 2.75) is 43.5 Å². The molecule has 2 amide bonds. The van der Waals surface area contributed by atoms with Gasteiger partial charge in [0, 0.05) is 24.1 Å². The number of thioether (sulfide) groups is 1. The Morgan fingerprint density at radius 2 is 2.04 bits per heavy atom. The number of carbonyl (C=O) groups is 1. The third-order valence-corrected chi connectivity index (χ3v) is 5.39. The van der Waals surface area contributed by atoms with Gasteiger partial charge < -0.3 is 20.8 Å². The highest BCUT2D eigenvalue weighted by atomic mass is 32.2. The van der Waals surface area contributed by atoms with E-state index in [9.17, 15) is 15.0 Å². The van der Waals surface area contributed by atoms with E-state index in [4.69, 9.17) is 0 Å². The number of aliphatic hydroxyl groups excluding tert-OH is 1. The molecule has 0 spiro atoms. The molecule has 0 aromatic heterocycles. The van der Waals surface area contributed by atoms with Crippen LogP contribution < -0.4 is 10.6 Å². The van der Waals surface area contributed by atoms with E-state index in [0.29, 0.717) is 12.1 Å². The average Bonchev–Trinajstić information content (AvgIpc) is 2.57. The van der Waals surface area contributed by atoms with Gasteiger partial charge >= 0.3 is 6.03 Å². The Morgan fingerprint density at radius 3 is 2.78 bits per heavy atom. The number of hydrogen-bond donors (Lipinski definition) is 4. The number of amides is 2. The van der Waals surface area contributed by atoms with Gasteiger partial charge in [-0.3, -0.25) is 0 Å². The number of phenolic OH excluding ortho intramolecular Hbond substituents is 1. The molecule has 1 saturated carbocycles. The van der Waals surface area contributed by atoms with Crippen molar-refractivity contribution in [2.75, 3.05) is 18.8 Å². The zero-order valence-electron chi connectivity index (χ0n) is 13.3. The predicted octanol–water partition coefficient (Wildman–Crippen LogP) is 2.79. The second kappa shape index (κ2) is 9.67. The Hall–Kier alpha value is -1.40. The summed E-state index contributed by atoms with van der Waals surface area (Å²) < 4.78 is 0. The number of hydrogen-bond acceptors (Lipinski definition) is 4. The maximum atomic E-state index is 11.7. The Bertz CT molecular complexity index is 492. The molecule has 1 aromatic rings. The molecule has 6 heteroatoms. The molecule has 0 heterocycles. The molecule has 0 radical (unpaired) electrons. The Morgan fingerprint density at radius 1 is 1.26 bits per heavy atom. The van der Waals surface area contributed by atoms with Crippen LogP contribution in [0.2, 0.25) is 0 Å². The number of benzene rings is 1. The van der Waals surface area contributed by atoms with Crippen LogP contribution in [0.4, 0.5) is 4.79 Å². The largest absolute Gasteiger partial charge is 0.508 e. The summed E-state index contributed by atoms with van der Waals surface area (Å²) in [5.74, 6) is 1.03. The minimum atomic E-state index is -0.829. The number of aliphatic hydroxyl groups is 1. The van der Waals surface area contributed by atoms with Crippen LogP contribution in [0, 0.1) is 0 Å². The molecular weight excluding hydrogens is 312 g/mol. The Kier molecular flexibility index (Phi) is 7.55. The SMILES string of the molecule is O=C(NCCSC1CCCCC1)NCC(O)c1cccc(O)c1. The third kappa shape index (κ3) is 6.71. The third-order valence-electron chi connectivity index (χ3n) is 4.00. The summed E-state index contributed by atoms with van der Waals surface area (Å²) in [5.41, 5.74) is 0.582. The molecule has 0 aliphatic heterocycles. The lowest BCUT2D eigenvalue weighted by molar-refractivity contribution is 0.173. The normalized spacial score (nSPS) is 16.7. The fourth-order valence-electron chi connectivity index (χ4n) is 2.72. The maximum absolute atomic E-state index is 11.7. The van der Waals surface area contributed by atoms with Gasteiger partial charge in [0.2, 0.25) is 0 Å². The first-order chi connectivity index (χ1) is 11.1. The minimum absolute atomic E-state index is 0.103. The summed E-state index contributed by atoms with van der Waals surface area (Å²) in [6.07, 6.45) is 5.79. The molecule has 0 saturated heterocycles. The van der Waals surface area contributed by atoms with Crippen LogP contribution in [-0.2, 0) is 0 Å². The zero-order valence-corrected chi connectivity index (χ0v) is 14.1. The lowest BCUT2D eigenvalue weighted by atomic mass is 10.0. The zero-order chi connectivity index (χ0) is 16.5. The van der Waals surface area contributed by atoms with E-state index in [1.54, 1.807) is 18.2 Å². The molecule has 23 heavy (non-hydrogen) atoms. The van der Waals surface area contributed by atoms with E-state index in [2.05, 4.69) is 10.6 Å².